The van der Waals surface area contributed by atoms with Gasteiger partial charge in [-0.3, -0.25) is 0 Å². The van der Waals surface area contributed by atoms with E-state index in [0.717, 1.165) is 0 Å². The van der Waals surface area contributed by atoms with E-state index in [1.807, 2.05) is 30.6 Å². The van der Waals surface area contributed by atoms with Gasteiger partial charge >= 0.3 is 5.97 Å². The SMILES string of the molecule is CCOC(=O)C[n+]1ccccc1.[Br-]. The van der Waals surface area contributed by atoms with Crippen LogP contribution in [0.25, 0.3) is 0 Å². The van der Waals surface area contributed by atoms with E-state index in [2.05, 4.69) is 0 Å². The van der Waals surface area contributed by atoms with Gasteiger partial charge in [-0.05, 0) is 6.92 Å². The largest absolute Gasteiger partial charge is 1.00 e. The summed E-state index contributed by atoms with van der Waals surface area (Å²) >= 11 is 0. The molecule has 0 aromatic carbocycles. The van der Waals surface area contributed by atoms with E-state index in [-0.39, 0.29) is 29.5 Å². The number of pyridine rings is 1. The molecule has 4 heteroatoms. The molecule has 0 fully saturated rings. The molecule has 0 radical (unpaired) electrons. The lowest BCUT2D eigenvalue weighted by Crippen LogP contribution is -3.00. The quantitative estimate of drug-likeness (QED) is 0.437. The van der Waals surface area contributed by atoms with Crippen LogP contribution >= 0.6 is 0 Å². The summed E-state index contributed by atoms with van der Waals surface area (Å²) in [6, 6.07) is 5.65. The van der Waals surface area contributed by atoms with Gasteiger partial charge in [0.1, 0.15) is 0 Å². The number of halogens is 1. The molecule has 1 aromatic rings. The molecule has 0 aliphatic carbocycles. The zero-order valence-corrected chi connectivity index (χ0v) is 9.03. The number of hydrogen-bond donors (Lipinski definition) is 0. The molecule has 0 unspecified atom stereocenters. The van der Waals surface area contributed by atoms with Crippen LogP contribution in [0.4, 0.5) is 0 Å². The Balaban J connectivity index is 0.00000144. The summed E-state index contributed by atoms with van der Waals surface area (Å²) < 4.78 is 6.56. The monoisotopic (exact) mass is 245 g/mol. The van der Waals surface area contributed by atoms with Gasteiger partial charge in [-0.1, -0.05) is 6.07 Å². The fraction of sp³-hybridized carbons (Fsp3) is 0.333. The third kappa shape index (κ3) is 4.62. The third-order valence-corrected chi connectivity index (χ3v) is 1.39. The van der Waals surface area contributed by atoms with E-state index < -0.39 is 0 Å². The molecule has 0 N–H and O–H groups in total. The molecule has 0 saturated carbocycles. The van der Waals surface area contributed by atoms with E-state index in [0.29, 0.717) is 6.61 Å². The molecule has 0 bridgehead atoms. The Labute approximate surface area is 88.1 Å². The molecule has 1 heterocycles. The van der Waals surface area contributed by atoms with Crippen LogP contribution in [0.5, 0.6) is 0 Å². The molecule has 1 rings (SSSR count). The highest BCUT2D eigenvalue weighted by molar-refractivity contribution is 5.67. The van der Waals surface area contributed by atoms with Crippen molar-refractivity contribution in [2.75, 3.05) is 6.61 Å². The molecule has 0 atom stereocenters. The summed E-state index contributed by atoms with van der Waals surface area (Å²) in [4.78, 5) is 11.0. The zero-order chi connectivity index (χ0) is 8.81. The fourth-order valence-corrected chi connectivity index (χ4v) is 0.895. The average Bonchev–Trinajstić information content (AvgIpc) is 2.06. The van der Waals surface area contributed by atoms with Crippen LogP contribution < -0.4 is 21.5 Å². The van der Waals surface area contributed by atoms with Crippen molar-refractivity contribution in [2.45, 2.75) is 13.5 Å². The van der Waals surface area contributed by atoms with Gasteiger partial charge in [-0.2, -0.15) is 4.57 Å². The Morgan fingerprint density at radius 1 is 1.31 bits per heavy atom. The van der Waals surface area contributed by atoms with Crippen LogP contribution in [-0.2, 0) is 16.1 Å². The number of ether oxygens (including phenoxy) is 1. The highest BCUT2D eigenvalue weighted by Gasteiger charge is 2.07. The van der Waals surface area contributed by atoms with Crippen molar-refractivity contribution in [1.82, 2.24) is 0 Å². The molecule has 0 spiro atoms. The predicted octanol–water partition coefficient (Wildman–Crippen LogP) is -2.46. The summed E-state index contributed by atoms with van der Waals surface area (Å²) in [5.41, 5.74) is 0. The van der Waals surface area contributed by atoms with Gasteiger partial charge < -0.3 is 21.7 Å². The molecular formula is C9H12BrNO2. The predicted molar refractivity (Wildman–Crippen MR) is 43.3 cm³/mol. The normalized spacial score (nSPS) is 8.69. The summed E-state index contributed by atoms with van der Waals surface area (Å²) in [5, 5.41) is 0. The van der Waals surface area contributed by atoms with Crippen molar-refractivity contribution >= 4 is 5.97 Å². The zero-order valence-electron chi connectivity index (χ0n) is 7.44. The third-order valence-electron chi connectivity index (χ3n) is 1.39. The van der Waals surface area contributed by atoms with Crippen LogP contribution in [0, 0.1) is 0 Å². The van der Waals surface area contributed by atoms with E-state index in [1.54, 1.807) is 11.5 Å². The smallest absolute Gasteiger partial charge is 0.372 e. The van der Waals surface area contributed by atoms with Crippen LogP contribution in [0.15, 0.2) is 30.6 Å². The Hall–Kier alpha value is -0.900. The van der Waals surface area contributed by atoms with Crippen molar-refractivity contribution in [3.8, 4) is 0 Å². The van der Waals surface area contributed by atoms with Gasteiger partial charge in [-0.25, -0.2) is 4.79 Å². The summed E-state index contributed by atoms with van der Waals surface area (Å²) in [7, 11) is 0. The first-order chi connectivity index (χ1) is 5.83. The van der Waals surface area contributed by atoms with Crippen LogP contribution in [0.3, 0.4) is 0 Å². The maximum Gasteiger partial charge on any atom is 0.372 e. The van der Waals surface area contributed by atoms with Crippen LogP contribution in [-0.4, -0.2) is 12.6 Å². The molecule has 13 heavy (non-hydrogen) atoms. The van der Waals surface area contributed by atoms with E-state index >= 15 is 0 Å². The molecular weight excluding hydrogens is 234 g/mol. The van der Waals surface area contributed by atoms with Crippen LogP contribution in [0.2, 0.25) is 0 Å². The summed E-state index contributed by atoms with van der Waals surface area (Å²) in [6.07, 6.45) is 3.66. The molecule has 3 nitrogen and oxygen atoms in total. The maximum atomic E-state index is 11.0. The van der Waals surface area contributed by atoms with Crippen molar-refractivity contribution in [2.24, 2.45) is 0 Å². The molecule has 0 aliphatic heterocycles. The first-order valence-electron chi connectivity index (χ1n) is 3.92. The highest BCUT2D eigenvalue weighted by atomic mass is 79.9. The number of esters is 1. The van der Waals surface area contributed by atoms with E-state index in [1.165, 1.54) is 0 Å². The second kappa shape index (κ2) is 6.60. The minimum atomic E-state index is -0.200. The number of nitrogens with zero attached hydrogens (tertiary/aromatic N) is 1. The Bertz CT molecular complexity index is 251. The van der Waals surface area contributed by atoms with Gasteiger partial charge in [0.2, 0.25) is 6.54 Å². The van der Waals surface area contributed by atoms with Gasteiger partial charge in [0.15, 0.2) is 12.4 Å². The van der Waals surface area contributed by atoms with Gasteiger partial charge in [0, 0.05) is 12.1 Å². The lowest BCUT2D eigenvalue weighted by molar-refractivity contribution is -0.686. The molecule has 0 amide bonds. The average molecular weight is 246 g/mol. The van der Waals surface area contributed by atoms with Crippen molar-refractivity contribution in [3.05, 3.63) is 30.6 Å². The van der Waals surface area contributed by atoms with Crippen molar-refractivity contribution in [1.29, 1.82) is 0 Å². The minimum absolute atomic E-state index is 0. The van der Waals surface area contributed by atoms with E-state index in [4.69, 9.17) is 4.74 Å². The van der Waals surface area contributed by atoms with Gasteiger partial charge in [-0.15, -0.1) is 0 Å². The second-order valence-corrected chi connectivity index (χ2v) is 2.35. The number of hydrogen-bond acceptors (Lipinski definition) is 2. The molecule has 0 aliphatic rings. The maximum absolute atomic E-state index is 11.0. The second-order valence-electron chi connectivity index (χ2n) is 2.35. The van der Waals surface area contributed by atoms with Crippen LogP contribution in [0.1, 0.15) is 6.92 Å². The lowest BCUT2D eigenvalue weighted by Gasteiger charge is -1.96. The standard InChI is InChI=1S/C9H12NO2.BrH/c1-2-12-9(11)8-10-6-4-3-5-7-10;/h3-7H,2,8H2,1H3;1H/q+1;/p-1. The first kappa shape index (κ1) is 12.1. The Kier molecular flexibility index (Phi) is 6.14. The summed E-state index contributed by atoms with van der Waals surface area (Å²) in [6.45, 7) is 2.52. The number of aromatic nitrogens is 1. The van der Waals surface area contributed by atoms with Gasteiger partial charge in [0.25, 0.3) is 0 Å². The highest BCUT2D eigenvalue weighted by Crippen LogP contribution is 1.80. The lowest BCUT2D eigenvalue weighted by atomic mass is 10.5. The van der Waals surface area contributed by atoms with Crippen molar-refractivity contribution < 1.29 is 31.1 Å². The molecule has 0 saturated heterocycles. The number of carbonyl (C=O) groups excluding carboxylic acids is 1. The number of rotatable bonds is 3. The number of carbonyl (C=O) groups is 1. The minimum Gasteiger partial charge on any atom is -1.00 e. The topological polar surface area (TPSA) is 30.2 Å². The molecule has 72 valence electrons. The first-order valence-corrected chi connectivity index (χ1v) is 3.92. The van der Waals surface area contributed by atoms with E-state index in [9.17, 15) is 4.79 Å². The molecule has 1 aromatic heterocycles. The van der Waals surface area contributed by atoms with Crippen molar-refractivity contribution in [3.63, 3.8) is 0 Å². The Morgan fingerprint density at radius 3 is 2.46 bits per heavy atom. The fourth-order valence-electron chi connectivity index (χ4n) is 0.895. The Morgan fingerprint density at radius 2 is 1.92 bits per heavy atom. The summed E-state index contributed by atoms with van der Waals surface area (Å²) in [5.74, 6) is -0.200. The van der Waals surface area contributed by atoms with Gasteiger partial charge in [0.05, 0.1) is 6.61 Å².